The lowest BCUT2D eigenvalue weighted by molar-refractivity contribution is -0.128. The number of aromatic carboxylic acids is 1. The number of nitrogens with zero attached hydrogens (tertiary/aromatic N) is 3. The summed E-state index contributed by atoms with van der Waals surface area (Å²) in [6.45, 7) is 32.9. The topological polar surface area (TPSA) is 150 Å². The fourth-order valence-electron chi connectivity index (χ4n) is 9.88. The third kappa shape index (κ3) is 23.4. The number of fused-ring (bicyclic) bond motifs is 2. The van der Waals surface area contributed by atoms with E-state index in [2.05, 4.69) is 96.0 Å². The minimum Gasteiger partial charge on any atom is -0.493 e. The van der Waals surface area contributed by atoms with Crippen molar-refractivity contribution >= 4 is 74.9 Å². The van der Waals surface area contributed by atoms with Crippen molar-refractivity contribution in [3.63, 3.8) is 0 Å². The predicted octanol–water partition coefficient (Wildman–Crippen LogP) is 17.3. The highest BCUT2D eigenvalue weighted by molar-refractivity contribution is 6.34. The second-order valence-corrected chi connectivity index (χ2v) is 23.2. The summed E-state index contributed by atoms with van der Waals surface area (Å²) < 4.78 is 35.4. The van der Waals surface area contributed by atoms with Crippen molar-refractivity contribution in [1.29, 1.82) is 0 Å². The first-order valence-electron chi connectivity index (χ1n) is 30.8. The number of aryl methyl sites for hydroxylation is 2. The van der Waals surface area contributed by atoms with Crippen molar-refractivity contribution in [3.05, 3.63) is 123 Å². The van der Waals surface area contributed by atoms with Gasteiger partial charge in [0.2, 0.25) is 12.3 Å². The number of aldehydes is 1. The molecule has 85 heavy (non-hydrogen) atoms. The van der Waals surface area contributed by atoms with E-state index >= 15 is 0 Å². The number of carbonyl (C=O) groups is 5. The fourth-order valence-corrected chi connectivity index (χ4v) is 10.1. The van der Waals surface area contributed by atoms with Crippen LogP contribution in [0.5, 0.6) is 5.75 Å². The summed E-state index contributed by atoms with van der Waals surface area (Å²) >= 11 is 6.99. The van der Waals surface area contributed by atoms with Crippen molar-refractivity contribution in [3.8, 4) is 5.75 Å². The summed E-state index contributed by atoms with van der Waals surface area (Å²) in [5, 5.41) is 19.0. The summed E-state index contributed by atoms with van der Waals surface area (Å²) in [4.78, 5) is 59.8. The highest BCUT2D eigenvalue weighted by Gasteiger charge is 2.29. The third-order valence-electron chi connectivity index (χ3n) is 15.3. The molecule has 0 bridgehead atoms. The molecule has 0 radical (unpaired) electrons. The van der Waals surface area contributed by atoms with Crippen LogP contribution in [0.4, 0.5) is 14.5 Å². The number of ketones is 1. The Kier molecular flexibility index (Phi) is 34.6. The minimum absolute atomic E-state index is 0.0461. The summed E-state index contributed by atoms with van der Waals surface area (Å²) in [6, 6.07) is 17.2. The predicted molar refractivity (Wildman–Crippen MR) is 350 cm³/mol. The van der Waals surface area contributed by atoms with Gasteiger partial charge in [-0.3, -0.25) is 19.7 Å². The van der Waals surface area contributed by atoms with Gasteiger partial charge in [-0.2, -0.15) is 0 Å². The van der Waals surface area contributed by atoms with Crippen LogP contribution in [0.3, 0.4) is 0 Å². The van der Waals surface area contributed by atoms with Gasteiger partial charge in [0.05, 0.1) is 22.8 Å². The van der Waals surface area contributed by atoms with Crippen LogP contribution in [0.1, 0.15) is 198 Å². The molecule has 1 aliphatic heterocycles. The molecule has 15 heteroatoms. The van der Waals surface area contributed by atoms with Gasteiger partial charge in [0.1, 0.15) is 29.4 Å². The minimum atomic E-state index is -0.937. The van der Waals surface area contributed by atoms with Gasteiger partial charge in [-0.1, -0.05) is 117 Å². The fraction of sp³-hybridized carbons (Fsp3) is 0.529. The molecule has 5 aromatic rings. The van der Waals surface area contributed by atoms with Crippen molar-refractivity contribution in [2.45, 2.75) is 187 Å². The van der Waals surface area contributed by atoms with E-state index in [0.29, 0.717) is 83.9 Å². The molecule has 3 atom stereocenters. The van der Waals surface area contributed by atoms with Gasteiger partial charge in [-0.15, -0.1) is 0 Å². The SMILES string of the molecule is CCC(C)CC=O.CCC(C)CCn1c(C(=O)O)c(CCCOc2cccc3cc(F)ccc23)c2ccc(Cl)c(C3=C(C)N(C)CC=C3C)c21.CCCC(=O)c1ccc(F)c(C)c1NC(C)C.CCCC(C)C(=O)NC=O.CCCN(C)CCC. The van der Waals surface area contributed by atoms with E-state index in [-0.39, 0.29) is 35.3 Å². The number of benzene rings is 4. The maximum absolute atomic E-state index is 13.7. The molecule has 0 fully saturated rings. The number of anilines is 1. The van der Waals surface area contributed by atoms with Crippen LogP contribution in [-0.4, -0.2) is 96.2 Å². The van der Waals surface area contributed by atoms with Gasteiger partial charge in [0.15, 0.2) is 5.78 Å². The zero-order chi connectivity index (χ0) is 63.9. The molecular weight excluding hydrogens is 1100 g/mol. The van der Waals surface area contributed by atoms with Crippen LogP contribution in [0.25, 0.3) is 27.2 Å². The average molecular weight is 1200 g/mol. The molecule has 6 rings (SSSR count). The Morgan fingerprint density at radius 2 is 1.49 bits per heavy atom. The number of allylic oxidation sites excluding steroid dienone is 3. The van der Waals surface area contributed by atoms with E-state index in [1.54, 1.807) is 19.1 Å². The average Bonchev–Trinajstić information content (AvgIpc) is 3.71. The van der Waals surface area contributed by atoms with E-state index in [0.717, 1.165) is 107 Å². The number of halogens is 3. The quantitative estimate of drug-likeness (QED) is 0.0263. The van der Waals surface area contributed by atoms with Gasteiger partial charge in [-0.05, 0) is 171 Å². The standard InChI is InChI=1S/C36H40ClFN2O3.C14H20FNO.C7H13NO2.C7H17N.C6H12O/c1-6-22(2)16-19-40-34-29(14-15-30(37)33(34)32-23(3)17-18-39(5)24(32)4)28(35(40)36(41)42)10-8-20-43-31-11-7-9-25-21-26(38)12-13-27(25)31;1-5-6-13(17)11-7-8-12(15)10(4)14(11)16-9(2)3;1-3-4-6(2)7(10)8-5-9;1-4-6-8(3)7-5-2;1-3-6(2)4-5-7/h7,9,11-15,17,21-22H,6,8,10,16,18-20H2,1-5H3,(H,41,42);7-9,16H,5-6H2,1-4H3;5-6H,3-4H2,1-2H3,(H,8,9,10);4-7H2,1-3H3;5-6H,3-4H2,1-2H3. The molecule has 0 saturated heterocycles. The number of amides is 2. The number of ether oxygens (including phenoxy) is 1. The van der Waals surface area contributed by atoms with Crippen LogP contribution < -0.4 is 15.4 Å². The number of likely N-dealkylation sites (N-methyl/N-ethyl adjacent to an activating group) is 1. The number of nitrogens with one attached hydrogen (secondary N) is 2. The van der Waals surface area contributed by atoms with Crippen molar-refractivity contribution in [2.24, 2.45) is 17.8 Å². The van der Waals surface area contributed by atoms with E-state index in [1.807, 2.05) is 69.5 Å². The monoisotopic (exact) mass is 1200 g/mol. The normalized spacial score (nSPS) is 13.0. The lowest BCUT2D eigenvalue weighted by Gasteiger charge is -2.29. The number of imide groups is 1. The Labute approximate surface area is 513 Å². The second-order valence-electron chi connectivity index (χ2n) is 22.8. The highest BCUT2D eigenvalue weighted by atomic mass is 35.5. The van der Waals surface area contributed by atoms with Gasteiger partial charge in [0.25, 0.3) is 0 Å². The molecule has 0 spiro atoms. The van der Waals surface area contributed by atoms with E-state index in [1.165, 1.54) is 44.1 Å². The van der Waals surface area contributed by atoms with Gasteiger partial charge in [0, 0.05) is 83.7 Å². The van der Waals surface area contributed by atoms with E-state index in [9.17, 15) is 37.9 Å². The Morgan fingerprint density at radius 3 is 2.06 bits per heavy atom. The van der Waals surface area contributed by atoms with Crippen LogP contribution in [-0.2, 0) is 27.3 Å². The highest BCUT2D eigenvalue weighted by Crippen LogP contribution is 2.43. The first-order chi connectivity index (χ1) is 40.4. The van der Waals surface area contributed by atoms with Crippen LogP contribution in [0, 0.1) is 36.3 Å². The molecule has 0 saturated carbocycles. The molecule has 1 aromatic heterocycles. The van der Waals surface area contributed by atoms with Crippen LogP contribution >= 0.6 is 11.6 Å². The van der Waals surface area contributed by atoms with Crippen molar-refractivity contribution < 1.29 is 42.6 Å². The van der Waals surface area contributed by atoms with Crippen molar-refractivity contribution in [2.75, 3.05) is 45.7 Å². The number of carboxylic acid groups (broad SMARTS) is 1. The molecule has 1 aliphatic rings. The number of hydrogen-bond donors (Lipinski definition) is 3. The smallest absolute Gasteiger partial charge is 0.352 e. The number of aromatic nitrogens is 1. The van der Waals surface area contributed by atoms with Crippen LogP contribution in [0.2, 0.25) is 5.02 Å². The van der Waals surface area contributed by atoms with E-state index in [4.69, 9.17) is 16.3 Å². The summed E-state index contributed by atoms with van der Waals surface area (Å²) in [5.74, 6) is 0.0625. The molecule has 470 valence electrons. The zero-order valence-electron chi connectivity index (χ0n) is 54.2. The summed E-state index contributed by atoms with van der Waals surface area (Å²) in [5.41, 5.74) is 7.98. The number of rotatable bonds is 27. The molecule has 4 aromatic carbocycles. The van der Waals surface area contributed by atoms with Gasteiger partial charge >= 0.3 is 5.97 Å². The first-order valence-corrected chi connectivity index (χ1v) is 31.2. The number of carboxylic acids is 1. The number of Topliss-reactive ketones (excluding diaryl/α,β-unsaturated/α-hetero) is 1. The lowest BCUT2D eigenvalue weighted by Crippen LogP contribution is -2.27. The Bertz CT molecular complexity index is 2980. The third-order valence-corrected chi connectivity index (χ3v) is 15.6. The van der Waals surface area contributed by atoms with Gasteiger partial charge < -0.3 is 34.3 Å². The first kappa shape index (κ1) is 74.7. The Hall–Kier alpha value is -6.38. The van der Waals surface area contributed by atoms with Gasteiger partial charge in [-0.25, -0.2) is 13.6 Å². The zero-order valence-corrected chi connectivity index (χ0v) is 55.0. The number of hydrogen-bond acceptors (Lipinski definition) is 9. The maximum atomic E-state index is 13.7. The van der Waals surface area contributed by atoms with E-state index < -0.39 is 5.97 Å². The molecule has 0 aliphatic carbocycles. The Balaban J connectivity index is 0.000000475. The largest absolute Gasteiger partial charge is 0.493 e. The maximum Gasteiger partial charge on any atom is 0.352 e. The molecular formula is C70H102ClF2N5O7. The number of carbonyl (C=O) groups excluding carboxylic acids is 4. The molecule has 2 heterocycles. The van der Waals surface area contributed by atoms with Crippen LogP contribution in [0.15, 0.2) is 78.0 Å². The summed E-state index contributed by atoms with van der Waals surface area (Å²) in [7, 11) is 4.24. The molecule has 2 amide bonds. The lowest BCUT2D eigenvalue weighted by atomic mass is 9.91. The molecule has 3 unspecified atom stereocenters. The summed E-state index contributed by atoms with van der Waals surface area (Å²) in [6.07, 6.45) is 14.1. The second kappa shape index (κ2) is 39.3. The molecule has 12 nitrogen and oxygen atoms in total. The molecule has 3 N–H and O–H groups in total. The Morgan fingerprint density at radius 1 is 0.835 bits per heavy atom. The van der Waals surface area contributed by atoms with Crippen molar-refractivity contribution in [1.82, 2.24) is 19.7 Å².